The molecule has 0 aliphatic rings. The van der Waals surface area contributed by atoms with E-state index in [1.54, 1.807) is 12.1 Å². The van der Waals surface area contributed by atoms with Crippen molar-refractivity contribution in [1.82, 2.24) is 0 Å². The lowest BCUT2D eigenvalue weighted by molar-refractivity contribution is -0.142. The average Bonchev–Trinajstić information content (AvgIpc) is 2.37. The maximum absolute atomic E-state index is 12.1. The van der Waals surface area contributed by atoms with Gasteiger partial charge in [0.15, 0.2) is 5.78 Å². The van der Waals surface area contributed by atoms with Gasteiger partial charge in [0, 0.05) is 12.0 Å². The van der Waals surface area contributed by atoms with Crippen LogP contribution in [0.15, 0.2) is 24.3 Å². The van der Waals surface area contributed by atoms with Gasteiger partial charge in [-0.25, -0.2) is 0 Å². The van der Waals surface area contributed by atoms with Gasteiger partial charge in [0.1, 0.15) is 0 Å². The molecule has 0 spiro atoms. The van der Waals surface area contributed by atoms with Crippen LogP contribution < -0.4 is 0 Å². The number of aliphatic carboxylic acids is 1. The van der Waals surface area contributed by atoms with Crippen LogP contribution in [0.4, 0.5) is 0 Å². The van der Waals surface area contributed by atoms with Gasteiger partial charge in [-0.1, -0.05) is 45.0 Å². The highest BCUT2D eigenvalue weighted by Gasteiger charge is 2.22. The molecule has 104 valence electrons. The Hall–Kier alpha value is -1.64. The number of aryl methyl sites for hydroxylation is 1. The third-order valence-corrected chi connectivity index (χ3v) is 3.22. The van der Waals surface area contributed by atoms with E-state index in [1.165, 1.54) is 5.56 Å². The van der Waals surface area contributed by atoms with E-state index in [9.17, 15) is 9.59 Å². The summed E-state index contributed by atoms with van der Waals surface area (Å²) in [5, 5.41) is 9.15. The Morgan fingerprint density at radius 3 is 2.16 bits per heavy atom. The number of carbonyl (C=O) groups excluding carboxylic acids is 1. The maximum atomic E-state index is 12.1. The molecular formula is C16H22O3. The lowest BCUT2D eigenvalue weighted by atomic mass is 9.90. The molecule has 0 aliphatic carbocycles. The minimum atomic E-state index is -0.882. The first kappa shape index (κ1) is 15.4. The van der Waals surface area contributed by atoms with Crippen molar-refractivity contribution < 1.29 is 14.7 Å². The summed E-state index contributed by atoms with van der Waals surface area (Å²) in [5.74, 6) is -1.28. The zero-order valence-electron chi connectivity index (χ0n) is 11.8. The Morgan fingerprint density at radius 2 is 1.74 bits per heavy atom. The summed E-state index contributed by atoms with van der Waals surface area (Å²) in [6, 6.07) is 7.42. The largest absolute Gasteiger partial charge is 0.481 e. The summed E-state index contributed by atoms with van der Waals surface area (Å²) in [4.78, 5) is 23.2. The van der Waals surface area contributed by atoms with Crippen LogP contribution in [0.1, 0.15) is 49.5 Å². The number of carboxylic acid groups (broad SMARTS) is 1. The Morgan fingerprint density at radius 1 is 1.16 bits per heavy atom. The first-order valence-electron chi connectivity index (χ1n) is 6.79. The number of rotatable bonds is 7. The van der Waals surface area contributed by atoms with Crippen LogP contribution >= 0.6 is 0 Å². The van der Waals surface area contributed by atoms with Crippen molar-refractivity contribution in [2.75, 3.05) is 0 Å². The Bertz CT molecular complexity index is 432. The molecule has 1 rings (SSSR count). The second-order valence-corrected chi connectivity index (χ2v) is 5.34. The molecule has 1 N–H and O–H groups in total. The quantitative estimate of drug-likeness (QED) is 0.764. The van der Waals surface area contributed by atoms with E-state index in [4.69, 9.17) is 5.11 Å². The molecule has 1 aromatic carbocycles. The summed E-state index contributed by atoms with van der Waals surface area (Å²) in [5.41, 5.74) is 1.78. The molecule has 0 saturated heterocycles. The average molecular weight is 262 g/mol. The van der Waals surface area contributed by atoms with Gasteiger partial charge in [-0.3, -0.25) is 9.59 Å². The standard InChI is InChI=1S/C16H22O3/c1-4-12-5-7-13(8-6-12)15(17)10-14(16(18)19)9-11(2)3/h5-8,11,14H,4,9-10H2,1-3H3,(H,18,19). The van der Waals surface area contributed by atoms with Crippen molar-refractivity contribution in [1.29, 1.82) is 0 Å². The van der Waals surface area contributed by atoms with Crippen LogP contribution in [0.5, 0.6) is 0 Å². The minimum absolute atomic E-state index is 0.0823. The highest BCUT2D eigenvalue weighted by molar-refractivity contribution is 5.97. The summed E-state index contributed by atoms with van der Waals surface area (Å²) < 4.78 is 0. The van der Waals surface area contributed by atoms with Crippen LogP contribution in [0.3, 0.4) is 0 Å². The van der Waals surface area contributed by atoms with Gasteiger partial charge in [0.25, 0.3) is 0 Å². The van der Waals surface area contributed by atoms with Gasteiger partial charge >= 0.3 is 5.97 Å². The molecule has 0 aliphatic heterocycles. The van der Waals surface area contributed by atoms with Crippen molar-refractivity contribution in [2.24, 2.45) is 11.8 Å². The Balaban J connectivity index is 2.72. The van der Waals surface area contributed by atoms with Crippen molar-refractivity contribution in [3.8, 4) is 0 Å². The van der Waals surface area contributed by atoms with Crippen LogP contribution in [0.2, 0.25) is 0 Å². The number of hydrogen-bond donors (Lipinski definition) is 1. The van der Waals surface area contributed by atoms with E-state index in [2.05, 4.69) is 6.92 Å². The Labute approximate surface area is 114 Å². The van der Waals surface area contributed by atoms with Crippen molar-refractivity contribution in [3.05, 3.63) is 35.4 Å². The van der Waals surface area contributed by atoms with Gasteiger partial charge in [0.2, 0.25) is 0 Å². The molecule has 0 bridgehead atoms. The highest BCUT2D eigenvalue weighted by atomic mass is 16.4. The summed E-state index contributed by atoms with van der Waals surface area (Å²) >= 11 is 0. The molecule has 0 fully saturated rings. The molecule has 0 amide bonds. The molecule has 0 aromatic heterocycles. The first-order chi connectivity index (χ1) is 8.93. The SMILES string of the molecule is CCc1ccc(C(=O)CC(CC(C)C)C(=O)O)cc1. The molecular weight excluding hydrogens is 240 g/mol. The number of carboxylic acids is 1. The molecule has 1 unspecified atom stereocenters. The van der Waals surface area contributed by atoms with E-state index in [0.29, 0.717) is 12.0 Å². The number of carbonyl (C=O) groups is 2. The van der Waals surface area contributed by atoms with Gasteiger partial charge in [-0.05, 0) is 24.3 Å². The second kappa shape index (κ2) is 7.07. The molecule has 0 radical (unpaired) electrons. The zero-order valence-corrected chi connectivity index (χ0v) is 11.8. The fourth-order valence-corrected chi connectivity index (χ4v) is 2.11. The lowest BCUT2D eigenvalue weighted by Gasteiger charge is -2.13. The molecule has 3 nitrogen and oxygen atoms in total. The summed E-state index contributed by atoms with van der Waals surface area (Å²) in [6.45, 7) is 5.99. The van der Waals surface area contributed by atoms with Crippen LogP contribution in [-0.4, -0.2) is 16.9 Å². The third kappa shape index (κ3) is 4.86. The van der Waals surface area contributed by atoms with Crippen LogP contribution in [-0.2, 0) is 11.2 Å². The van der Waals surface area contributed by atoms with Crippen molar-refractivity contribution in [3.63, 3.8) is 0 Å². The fourth-order valence-electron chi connectivity index (χ4n) is 2.11. The van der Waals surface area contributed by atoms with E-state index < -0.39 is 11.9 Å². The zero-order chi connectivity index (χ0) is 14.4. The van der Waals surface area contributed by atoms with Gasteiger partial charge < -0.3 is 5.11 Å². The molecule has 1 atom stereocenters. The second-order valence-electron chi connectivity index (χ2n) is 5.34. The van der Waals surface area contributed by atoms with E-state index in [1.807, 2.05) is 26.0 Å². The topological polar surface area (TPSA) is 54.4 Å². The van der Waals surface area contributed by atoms with Crippen molar-refractivity contribution >= 4 is 11.8 Å². The predicted molar refractivity (Wildman–Crippen MR) is 75.3 cm³/mol. The molecule has 0 heterocycles. The van der Waals surface area contributed by atoms with E-state index in [0.717, 1.165) is 6.42 Å². The number of hydrogen-bond acceptors (Lipinski definition) is 2. The van der Waals surface area contributed by atoms with Gasteiger partial charge in [-0.15, -0.1) is 0 Å². The lowest BCUT2D eigenvalue weighted by Crippen LogP contribution is -2.20. The molecule has 3 heteroatoms. The van der Waals surface area contributed by atoms with Crippen molar-refractivity contribution in [2.45, 2.75) is 40.0 Å². The summed E-state index contributed by atoms with van der Waals surface area (Å²) in [7, 11) is 0. The third-order valence-electron chi connectivity index (χ3n) is 3.22. The number of Topliss-reactive ketones (excluding diaryl/α,β-unsaturated/α-hetero) is 1. The van der Waals surface area contributed by atoms with Crippen LogP contribution in [0.25, 0.3) is 0 Å². The molecule has 1 aromatic rings. The normalized spacial score (nSPS) is 12.4. The van der Waals surface area contributed by atoms with E-state index >= 15 is 0 Å². The first-order valence-corrected chi connectivity index (χ1v) is 6.79. The molecule has 19 heavy (non-hydrogen) atoms. The predicted octanol–water partition coefficient (Wildman–Crippen LogP) is 3.57. The van der Waals surface area contributed by atoms with Crippen LogP contribution in [0, 0.1) is 11.8 Å². The minimum Gasteiger partial charge on any atom is -0.481 e. The maximum Gasteiger partial charge on any atom is 0.306 e. The smallest absolute Gasteiger partial charge is 0.306 e. The monoisotopic (exact) mass is 262 g/mol. The molecule has 0 saturated carbocycles. The van der Waals surface area contributed by atoms with E-state index in [-0.39, 0.29) is 18.1 Å². The Kier molecular flexibility index (Phi) is 5.74. The fraction of sp³-hybridized carbons (Fsp3) is 0.500. The van der Waals surface area contributed by atoms with Gasteiger partial charge in [-0.2, -0.15) is 0 Å². The van der Waals surface area contributed by atoms with Gasteiger partial charge in [0.05, 0.1) is 5.92 Å². The summed E-state index contributed by atoms with van der Waals surface area (Å²) in [6.07, 6.45) is 1.55. The highest BCUT2D eigenvalue weighted by Crippen LogP contribution is 2.19. The number of benzene rings is 1. The number of ketones is 1.